The highest BCUT2D eigenvalue weighted by Crippen LogP contribution is 2.17. The number of aromatic nitrogens is 2. The number of hydrogen-bond donors (Lipinski definition) is 1. The number of hydrogen-bond acceptors (Lipinski definition) is 5. The molecule has 3 aromatic rings. The molecule has 0 saturated heterocycles. The van der Waals surface area contributed by atoms with Crippen LogP contribution in [0.3, 0.4) is 0 Å². The van der Waals surface area contributed by atoms with Gasteiger partial charge in [-0.25, -0.2) is 9.37 Å². The van der Waals surface area contributed by atoms with E-state index >= 15 is 0 Å². The zero-order valence-electron chi connectivity index (χ0n) is 16.0. The first-order valence-corrected chi connectivity index (χ1v) is 9.96. The first kappa shape index (κ1) is 20.6. The Hall–Kier alpha value is -3.13. The summed E-state index contributed by atoms with van der Waals surface area (Å²) in [7, 11) is 0. The molecule has 0 aliphatic rings. The fourth-order valence-corrected chi connectivity index (χ4v) is 3.26. The molecule has 1 aromatic heterocycles. The van der Waals surface area contributed by atoms with Crippen molar-refractivity contribution >= 4 is 23.4 Å². The van der Waals surface area contributed by atoms with Crippen LogP contribution >= 0.6 is 11.8 Å². The molecule has 1 heterocycles. The molecule has 29 heavy (non-hydrogen) atoms. The van der Waals surface area contributed by atoms with E-state index in [0.29, 0.717) is 23.5 Å². The van der Waals surface area contributed by atoms with Crippen LogP contribution in [0.25, 0.3) is 5.69 Å². The highest BCUT2D eigenvalue weighted by molar-refractivity contribution is 7.99. The first-order valence-electron chi connectivity index (χ1n) is 8.97. The Morgan fingerprint density at radius 3 is 2.69 bits per heavy atom. The van der Waals surface area contributed by atoms with E-state index in [1.165, 1.54) is 16.8 Å². The van der Waals surface area contributed by atoms with Gasteiger partial charge in [-0.3, -0.25) is 14.2 Å². The summed E-state index contributed by atoms with van der Waals surface area (Å²) in [4.78, 5) is 28.9. The maximum absolute atomic E-state index is 13.6. The summed E-state index contributed by atoms with van der Waals surface area (Å²) in [6, 6.07) is 11.6. The van der Waals surface area contributed by atoms with Crippen LogP contribution in [0.15, 0.2) is 64.7 Å². The summed E-state index contributed by atoms with van der Waals surface area (Å²) in [6.45, 7) is 4.11. The van der Waals surface area contributed by atoms with Crippen molar-refractivity contribution in [1.29, 1.82) is 0 Å². The molecular weight excluding hydrogens is 393 g/mol. The molecule has 0 bridgehead atoms. The molecule has 2 aromatic carbocycles. The van der Waals surface area contributed by atoms with Gasteiger partial charge in [-0.1, -0.05) is 17.8 Å². The molecule has 0 saturated carbocycles. The van der Waals surface area contributed by atoms with Crippen LogP contribution in [-0.2, 0) is 4.79 Å². The van der Waals surface area contributed by atoms with E-state index in [2.05, 4.69) is 10.3 Å². The molecule has 0 radical (unpaired) electrons. The third kappa shape index (κ3) is 5.23. The summed E-state index contributed by atoms with van der Waals surface area (Å²) in [5.74, 6) is -0.0445. The van der Waals surface area contributed by atoms with Crippen molar-refractivity contribution in [2.45, 2.75) is 18.9 Å². The number of amides is 1. The van der Waals surface area contributed by atoms with E-state index in [1.54, 1.807) is 49.5 Å². The number of aryl methyl sites for hydroxylation is 1. The Balaban J connectivity index is 1.68. The second-order valence-electron chi connectivity index (χ2n) is 6.14. The van der Waals surface area contributed by atoms with Crippen LogP contribution in [0.5, 0.6) is 5.75 Å². The van der Waals surface area contributed by atoms with Crippen molar-refractivity contribution in [3.63, 3.8) is 0 Å². The SMILES string of the molecule is CCOc1ccc(-n2ccnc(SCC(=O)Nc3ccc(C)c(F)c3)c2=O)cc1. The quantitative estimate of drug-likeness (QED) is 0.597. The van der Waals surface area contributed by atoms with Gasteiger partial charge in [0.25, 0.3) is 5.56 Å². The van der Waals surface area contributed by atoms with Crippen molar-refractivity contribution in [3.05, 3.63) is 76.6 Å². The van der Waals surface area contributed by atoms with E-state index in [4.69, 9.17) is 4.74 Å². The van der Waals surface area contributed by atoms with Gasteiger partial charge in [0.1, 0.15) is 11.6 Å². The average Bonchev–Trinajstić information content (AvgIpc) is 2.71. The lowest BCUT2D eigenvalue weighted by atomic mass is 10.2. The normalized spacial score (nSPS) is 10.6. The summed E-state index contributed by atoms with van der Waals surface area (Å²) in [5, 5.41) is 2.81. The van der Waals surface area contributed by atoms with Crippen molar-refractivity contribution in [1.82, 2.24) is 9.55 Å². The van der Waals surface area contributed by atoms with Crippen LogP contribution in [-0.4, -0.2) is 27.8 Å². The summed E-state index contributed by atoms with van der Waals surface area (Å²) >= 11 is 1.03. The zero-order valence-corrected chi connectivity index (χ0v) is 16.8. The van der Waals surface area contributed by atoms with Crippen LogP contribution in [0, 0.1) is 12.7 Å². The minimum atomic E-state index is -0.390. The summed E-state index contributed by atoms with van der Waals surface area (Å²) in [5.41, 5.74) is 1.21. The van der Waals surface area contributed by atoms with E-state index in [1.807, 2.05) is 6.92 Å². The molecule has 0 aliphatic carbocycles. The predicted octanol–water partition coefficient (Wildman–Crippen LogP) is 3.81. The molecule has 3 rings (SSSR count). The van der Waals surface area contributed by atoms with Gasteiger partial charge < -0.3 is 10.1 Å². The topological polar surface area (TPSA) is 73.2 Å². The van der Waals surface area contributed by atoms with Gasteiger partial charge in [0.2, 0.25) is 5.91 Å². The number of carbonyl (C=O) groups is 1. The predicted molar refractivity (Wildman–Crippen MR) is 111 cm³/mol. The maximum atomic E-state index is 13.6. The highest BCUT2D eigenvalue weighted by atomic mass is 32.2. The number of nitrogens with one attached hydrogen (secondary N) is 1. The number of ether oxygens (including phenoxy) is 1. The molecular formula is C21H20FN3O3S. The third-order valence-electron chi connectivity index (χ3n) is 4.03. The Bertz CT molecular complexity index is 1070. The number of benzene rings is 2. The minimum Gasteiger partial charge on any atom is -0.494 e. The number of thioether (sulfide) groups is 1. The summed E-state index contributed by atoms with van der Waals surface area (Å²) < 4.78 is 20.5. The zero-order chi connectivity index (χ0) is 20.8. The van der Waals surface area contributed by atoms with Crippen LogP contribution < -0.4 is 15.6 Å². The van der Waals surface area contributed by atoms with Crippen LogP contribution in [0.1, 0.15) is 12.5 Å². The van der Waals surface area contributed by atoms with E-state index in [0.717, 1.165) is 17.5 Å². The molecule has 0 aliphatic heterocycles. The molecule has 0 unspecified atom stereocenters. The number of rotatable bonds is 7. The van der Waals surface area contributed by atoms with Gasteiger partial charge in [0.05, 0.1) is 12.4 Å². The third-order valence-corrected chi connectivity index (χ3v) is 4.99. The lowest BCUT2D eigenvalue weighted by molar-refractivity contribution is -0.113. The Morgan fingerprint density at radius 2 is 2.00 bits per heavy atom. The van der Waals surface area contributed by atoms with Crippen molar-refractivity contribution in [2.75, 3.05) is 17.7 Å². The second kappa shape index (κ2) is 9.38. The monoisotopic (exact) mass is 413 g/mol. The van der Waals surface area contributed by atoms with Crippen molar-refractivity contribution in [2.24, 2.45) is 0 Å². The lowest BCUT2D eigenvalue weighted by Gasteiger charge is -2.09. The largest absolute Gasteiger partial charge is 0.494 e. The van der Waals surface area contributed by atoms with E-state index < -0.39 is 5.82 Å². The number of anilines is 1. The van der Waals surface area contributed by atoms with Gasteiger partial charge in [0, 0.05) is 23.8 Å². The van der Waals surface area contributed by atoms with Crippen LogP contribution in [0.2, 0.25) is 0 Å². The number of carbonyl (C=O) groups excluding carboxylic acids is 1. The van der Waals surface area contributed by atoms with Crippen molar-refractivity contribution < 1.29 is 13.9 Å². The van der Waals surface area contributed by atoms with Crippen molar-refractivity contribution in [3.8, 4) is 11.4 Å². The molecule has 8 heteroatoms. The van der Waals surface area contributed by atoms with Gasteiger partial charge >= 0.3 is 0 Å². The van der Waals surface area contributed by atoms with Gasteiger partial charge in [0.15, 0.2) is 5.03 Å². The Kier molecular flexibility index (Phi) is 6.66. The minimum absolute atomic E-state index is 0.0228. The van der Waals surface area contributed by atoms with Gasteiger partial charge in [-0.05, 0) is 55.8 Å². The molecule has 1 N–H and O–H groups in total. The molecule has 150 valence electrons. The molecule has 6 nitrogen and oxygen atoms in total. The summed E-state index contributed by atoms with van der Waals surface area (Å²) in [6.07, 6.45) is 3.07. The molecule has 0 fully saturated rings. The second-order valence-corrected chi connectivity index (χ2v) is 7.10. The van der Waals surface area contributed by atoms with Gasteiger partial charge in [-0.15, -0.1) is 0 Å². The molecule has 0 atom stereocenters. The Labute approximate surface area is 171 Å². The first-order chi connectivity index (χ1) is 14.0. The highest BCUT2D eigenvalue weighted by Gasteiger charge is 2.11. The number of halogens is 1. The van der Waals surface area contributed by atoms with E-state index in [-0.39, 0.29) is 22.2 Å². The van der Waals surface area contributed by atoms with E-state index in [9.17, 15) is 14.0 Å². The smallest absolute Gasteiger partial charge is 0.287 e. The van der Waals surface area contributed by atoms with Crippen LogP contribution in [0.4, 0.5) is 10.1 Å². The Morgan fingerprint density at radius 1 is 1.24 bits per heavy atom. The maximum Gasteiger partial charge on any atom is 0.287 e. The standard InChI is InChI=1S/C21H20FN3O3S/c1-3-28-17-8-6-16(7-9-17)25-11-10-23-20(21(25)27)29-13-19(26)24-15-5-4-14(2)18(22)12-15/h4-12H,3,13H2,1-2H3,(H,24,26). The lowest BCUT2D eigenvalue weighted by Crippen LogP contribution is -2.22. The van der Waals surface area contributed by atoms with Gasteiger partial charge in [-0.2, -0.15) is 0 Å². The fraction of sp³-hybridized carbons (Fsp3) is 0.190. The fourth-order valence-electron chi connectivity index (χ4n) is 2.57. The molecule has 1 amide bonds. The molecule has 0 spiro atoms. The average molecular weight is 413 g/mol. The number of nitrogens with zero attached hydrogens (tertiary/aromatic N) is 2.